The Labute approximate surface area is 122 Å². The van der Waals surface area contributed by atoms with Crippen LogP contribution in [0.25, 0.3) is 0 Å². The predicted octanol–water partition coefficient (Wildman–Crippen LogP) is 2.58. The number of aryl methyl sites for hydroxylation is 2. The minimum atomic E-state index is -3.68. The van der Waals surface area contributed by atoms with E-state index in [1.165, 1.54) is 12.1 Å². The van der Waals surface area contributed by atoms with Gasteiger partial charge in [-0.15, -0.1) is 11.3 Å². The third-order valence-corrected chi connectivity index (χ3v) is 5.05. The molecule has 0 fully saturated rings. The molecule has 0 aliphatic heterocycles. The summed E-state index contributed by atoms with van der Waals surface area (Å²) < 4.78 is 22.7. The number of benzene rings is 1. The molecule has 0 saturated heterocycles. The lowest BCUT2D eigenvalue weighted by molar-refractivity contribution is 0.598. The third-order valence-electron chi connectivity index (χ3n) is 2.88. The van der Waals surface area contributed by atoms with Crippen molar-refractivity contribution in [1.29, 1.82) is 0 Å². The molecule has 0 bridgehead atoms. The van der Waals surface area contributed by atoms with Gasteiger partial charge in [-0.25, -0.2) is 18.5 Å². The van der Waals surface area contributed by atoms with E-state index < -0.39 is 10.0 Å². The second-order valence-electron chi connectivity index (χ2n) is 4.62. The molecule has 2 rings (SSSR count). The average molecular weight is 311 g/mol. The molecule has 5 nitrogen and oxygen atoms in total. The van der Waals surface area contributed by atoms with Gasteiger partial charge in [0.1, 0.15) is 0 Å². The summed E-state index contributed by atoms with van der Waals surface area (Å²) in [5, 5.41) is 9.42. The Bertz CT molecular complexity index is 723. The van der Waals surface area contributed by atoms with Gasteiger partial charge >= 0.3 is 0 Å². The molecule has 0 spiro atoms. The molecule has 0 aliphatic carbocycles. The Morgan fingerprint density at radius 1 is 1.35 bits per heavy atom. The lowest BCUT2D eigenvalue weighted by atomic mass is 10.2. The zero-order valence-corrected chi connectivity index (χ0v) is 13.2. The van der Waals surface area contributed by atoms with Crippen molar-refractivity contribution in [1.82, 2.24) is 4.98 Å². The van der Waals surface area contributed by atoms with Crippen molar-refractivity contribution in [2.45, 2.75) is 31.7 Å². The molecule has 20 heavy (non-hydrogen) atoms. The summed E-state index contributed by atoms with van der Waals surface area (Å²) in [6.45, 7) is 5.96. The summed E-state index contributed by atoms with van der Waals surface area (Å²) in [7, 11) is -3.68. The SMILES string of the molecule is Cc1nc(C)c(C(C)Nc2cccc(S(N)(=O)=O)c2)s1. The van der Waals surface area contributed by atoms with Crippen LogP contribution in [0, 0.1) is 13.8 Å². The van der Waals surface area contributed by atoms with Crippen molar-refractivity contribution in [3.63, 3.8) is 0 Å². The van der Waals surface area contributed by atoms with Gasteiger partial charge in [0.15, 0.2) is 0 Å². The first kappa shape index (κ1) is 15.0. The topological polar surface area (TPSA) is 85.1 Å². The minimum absolute atomic E-state index is 0.0527. The van der Waals surface area contributed by atoms with Gasteiger partial charge in [-0.3, -0.25) is 0 Å². The number of nitrogens with one attached hydrogen (secondary N) is 1. The van der Waals surface area contributed by atoms with Gasteiger partial charge in [0.2, 0.25) is 10.0 Å². The minimum Gasteiger partial charge on any atom is -0.378 e. The standard InChI is InChI=1S/C13H17N3O2S2/c1-8-13(19-10(3)15-8)9(2)16-11-5-4-6-12(7-11)20(14,17)18/h4-7,9,16H,1-3H3,(H2,14,17,18). The average Bonchev–Trinajstić information content (AvgIpc) is 2.68. The molecule has 2 aromatic rings. The van der Waals surface area contributed by atoms with E-state index in [1.54, 1.807) is 17.4 Å². The van der Waals surface area contributed by atoms with Crippen LogP contribution in [0.4, 0.5) is 5.69 Å². The van der Waals surface area contributed by atoms with Gasteiger partial charge in [0.25, 0.3) is 0 Å². The molecule has 1 aromatic carbocycles. The number of sulfonamides is 1. The highest BCUT2D eigenvalue weighted by Crippen LogP contribution is 2.28. The van der Waals surface area contributed by atoms with Crippen LogP contribution in [0.3, 0.4) is 0 Å². The van der Waals surface area contributed by atoms with Gasteiger partial charge in [-0.1, -0.05) is 6.07 Å². The van der Waals surface area contributed by atoms with Crippen molar-refractivity contribution in [3.05, 3.63) is 39.8 Å². The quantitative estimate of drug-likeness (QED) is 0.909. The van der Waals surface area contributed by atoms with Crippen molar-refractivity contribution in [3.8, 4) is 0 Å². The van der Waals surface area contributed by atoms with Gasteiger partial charge in [0, 0.05) is 10.6 Å². The maximum atomic E-state index is 11.3. The summed E-state index contributed by atoms with van der Waals surface area (Å²) >= 11 is 1.63. The molecule has 1 unspecified atom stereocenters. The zero-order chi connectivity index (χ0) is 14.9. The summed E-state index contributed by atoms with van der Waals surface area (Å²) in [6, 6.07) is 6.55. The first-order chi connectivity index (χ1) is 9.27. The Balaban J connectivity index is 2.24. The predicted molar refractivity (Wildman–Crippen MR) is 81.4 cm³/mol. The molecule has 1 aromatic heterocycles. The first-order valence-corrected chi connectivity index (χ1v) is 8.47. The number of nitrogens with two attached hydrogens (primary N) is 1. The van der Waals surface area contributed by atoms with Crippen LogP contribution in [-0.2, 0) is 10.0 Å². The molecule has 0 radical (unpaired) electrons. The van der Waals surface area contributed by atoms with Crippen LogP contribution >= 0.6 is 11.3 Å². The summed E-state index contributed by atoms with van der Waals surface area (Å²) in [6.07, 6.45) is 0. The zero-order valence-electron chi connectivity index (χ0n) is 11.5. The van der Waals surface area contributed by atoms with E-state index in [0.29, 0.717) is 0 Å². The van der Waals surface area contributed by atoms with E-state index in [1.807, 2.05) is 26.8 Å². The molecule has 3 N–H and O–H groups in total. The van der Waals surface area contributed by atoms with E-state index in [2.05, 4.69) is 10.3 Å². The van der Waals surface area contributed by atoms with E-state index in [4.69, 9.17) is 5.14 Å². The maximum Gasteiger partial charge on any atom is 0.238 e. The Kier molecular flexibility index (Phi) is 4.12. The molecular weight excluding hydrogens is 294 g/mol. The third kappa shape index (κ3) is 3.36. The van der Waals surface area contributed by atoms with Crippen LogP contribution in [-0.4, -0.2) is 13.4 Å². The monoisotopic (exact) mass is 311 g/mol. The Hall–Kier alpha value is -1.44. The van der Waals surface area contributed by atoms with E-state index in [9.17, 15) is 8.42 Å². The number of thiazole rings is 1. The lowest BCUT2D eigenvalue weighted by Gasteiger charge is -2.15. The smallest absolute Gasteiger partial charge is 0.238 e. The van der Waals surface area contributed by atoms with Gasteiger partial charge < -0.3 is 5.32 Å². The van der Waals surface area contributed by atoms with Crippen molar-refractivity contribution in [2.24, 2.45) is 5.14 Å². The van der Waals surface area contributed by atoms with Crippen molar-refractivity contribution in [2.75, 3.05) is 5.32 Å². The van der Waals surface area contributed by atoms with Gasteiger partial charge in [-0.2, -0.15) is 0 Å². The molecule has 0 saturated carbocycles. The molecular formula is C13H17N3O2S2. The number of hydrogen-bond acceptors (Lipinski definition) is 5. The maximum absolute atomic E-state index is 11.3. The highest BCUT2D eigenvalue weighted by molar-refractivity contribution is 7.89. The first-order valence-electron chi connectivity index (χ1n) is 6.10. The lowest BCUT2D eigenvalue weighted by Crippen LogP contribution is -2.13. The van der Waals surface area contributed by atoms with Crippen LogP contribution in [0.5, 0.6) is 0 Å². The number of primary sulfonamides is 1. The molecule has 108 valence electrons. The van der Waals surface area contributed by atoms with Gasteiger partial charge in [-0.05, 0) is 39.0 Å². The summed E-state index contributed by atoms with van der Waals surface area (Å²) in [4.78, 5) is 5.64. The normalized spacial score (nSPS) is 13.2. The van der Waals surface area contributed by atoms with E-state index in [0.717, 1.165) is 21.3 Å². The molecule has 0 amide bonds. The summed E-state index contributed by atoms with van der Waals surface area (Å²) in [5.41, 5.74) is 1.71. The number of nitrogens with zero attached hydrogens (tertiary/aromatic N) is 1. The Morgan fingerprint density at radius 3 is 2.60 bits per heavy atom. The second kappa shape index (κ2) is 5.51. The largest absolute Gasteiger partial charge is 0.378 e. The van der Waals surface area contributed by atoms with E-state index >= 15 is 0 Å². The van der Waals surface area contributed by atoms with Crippen LogP contribution in [0.15, 0.2) is 29.2 Å². The number of aromatic nitrogens is 1. The van der Waals surface area contributed by atoms with Crippen LogP contribution < -0.4 is 10.5 Å². The van der Waals surface area contributed by atoms with Crippen molar-refractivity contribution < 1.29 is 8.42 Å². The fourth-order valence-corrected chi connectivity index (χ4v) is 3.52. The number of anilines is 1. The van der Waals surface area contributed by atoms with Gasteiger partial charge in [0.05, 0.1) is 21.6 Å². The fraction of sp³-hybridized carbons (Fsp3) is 0.308. The second-order valence-corrected chi connectivity index (χ2v) is 7.42. The summed E-state index contributed by atoms with van der Waals surface area (Å²) in [5.74, 6) is 0. The highest BCUT2D eigenvalue weighted by Gasteiger charge is 2.14. The van der Waals surface area contributed by atoms with E-state index in [-0.39, 0.29) is 10.9 Å². The number of rotatable bonds is 4. The number of hydrogen-bond donors (Lipinski definition) is 2. The van der Waals surface area contributed by atoms with Crippen LogP contribution in [0.1, 0.15) is 28.5 Å². The van der Waals surface area contributed by atoms with Crippen LogP contribution in [0.2, 0.25) is 0 Å². The molecule has 0 aliphatic rings. The fourth-order valence-electron chi connectivity index (χ4n) is 2.03. The molecule has 1 heterocycles. The highest BCUT2D eigenvalue weighted by atomic mass is 32.2. The molecule has 1 atom stereocenters. The Morgan fingerprint density at radius 2 is 2.05 bits per heavy atom. The molecule has 7 heteroatoms. The van der Waals surface area contributed by atoms with Crippen molar-refractivity contribution >= 4 is 27.0 Å².